The molecule has 17 N–H and O–H groups in total. The fraction of sp³-hybridized carbons (Fsp3) is 0.950. The van der Waals surface area contributed by atoms with Crippen molar-refractivity contribution < 1.29 is 139 Å². The molecule has 5 heterocycles. The van der Waals surface area contributed by atoms with Crippen LogP contribution in [0.3, 0.4) is 0 Å². The van der Waals surface area contributed by atoms with Crippen LogP contribution in [0.15, 0.2) is 11.6 Å². The lowest BCUT2D eigenvalue weighted by Crippen LogP contribution is -2.68. The van der Waals surface area contributed by atoms with E-state index in [9.17, 15) is 86.8 Å². The van der Waals surface area contributed by atoms with E-state index in [1.54, 1.807) is 0 Å². The second kappa shape index (κ2) is 25.7. The number of aliphatic hydroxyl groups is 17. The molecule has 0 radical (unpaired) electrons. The van der Waals surface area contributed by atoms with E-state index in [1.165, 1.54) is 6.92 Å². The highest BCUT2D eigenvalue weighted by Gasteiger charge is 2.71. The number of hydrogen-bond acceptors (Lipinski definition) is 28. The van der Waals surface area contributed by atoms with Gasteiger partial charge >= 0.3 is 5.97 Å². The fourth-order valence-corrected chi connectivity index (χ4v) is 17.9. The zero-order valence-electron chi connectivity index (χ0n) is 51.0. The Balaban J connectivity index is 0.841. The summed E-state index contributed by atoms with van der Waals surface area (Å²) < 4.78 is 59.4. The molecule has 0 unspecified atom stereocenters. The third kappa shape index (κ3) is 11.5. The number of carbonyl (C=O) groups excluding carboxylic acids is 1. The van der Waals surface area contributed by atoms with Gasteiger partial charge in [-0.3, -0.25) is 4.79 Å². The van der Waals surface area contributed by atoms with Gasteiger partial charge in [0.15, 0.2) is 25.2 Å². The number of ether oxygens (including phenoxy) is 10. The van der Waals surface area contributed by atoms with Crippen molar-refractivity contribution >= 4 is 5.97 Å². The van der Waals surface area contributed by atoms with E-state index in [0.717, 1.165) is 12.0 Å². The molecule has 88 heavy (non-hydrogen) atoms. The highest BCUT2D eigenvalue weighted by Crippen LogP contribution is 2.76. The summed E-state index contributed by atoms with van der Waals surface area (Å²) in [5.74, 6) is -1.06. The molecule has 28 nitrogen and oxygen atoms in total. The van der Waals surface area contributed by atoms with Gasteiger partial charge in [-0.25, -0.2) is 0 Å². The van der Waals surface area contributed by atoms with Crippen molar-refractivity contribution in [2.75, 3.05) is 33.0 Å². The second-order valence-electron chi connectivity index (χ2n) is 28.9. The monoisotopic (exact) mass is 1270 g/mol. The van der Waals surface area contributed by atoms with E-state index >= 15 is 4.79 Å². The Bertz CT molecular complexity index is 2440. The summed E-state index contributed by atoms with van der Waals surface area (Å²) >= 11 is 0. The predicted molar refractivity (Wildman–Crippen MR) is 295 cm³/mol. The van der Waals surface area contributed by atoms with Crippen LogP contribution in [0, 0.1) is 50.2 Å². The van der Waals surface area contributed by atoms with Crippen molar-refractivity contribution in [3.63, 3.8) is 0 Å². The van der Waals surface area contributed by atoms with E-state index in [2.05, 4.69) is 40.7 Å². The van der Waals surface area contributed by atoms with Crippen molar-refractivity contribution in [1.82, 2.24) is 0 Å². The smallest absolute Gasteiger partial charge is 0.315 e. The summed E-state index contributed by atoms with van der Waals surface area (Å²) in [6, 6.07) is 0. The normalized spacial score (nSPS) is 54.6. The third-order valence-corrected chi connectivity index (χ3v) is 23.6. The summed E-state index contributed by atoms with van der Waals surface area (Å²) in [5, 5.41) is 183. The molecule has 10 rings (SSSR count). The molecule has 5 aliphatic carbocycles. The van der Waals surface area contributed by atoms with E-state index in [1.807, 2.05) is 6.92 Å². The molecule has 34 atom stereocenters. The molecule has 10 aliphatic rings. The zero-order valence-corrected chi connectivity index (χ0v) is 51.0. The number of fused-ring (bicyclic) bond motifs is 7. The summed E-state index contributed by atoms with van der Waals surface area (Å²) in [5.41, 5.74) is -2.30. The third-order valence-electron chi connectivity index (χ3n) is 23.6. The lowest BCUT2D eigenvalue weighted by atomic mass is 9.33. The van der Waals surface area contributed by atoms with Crippen LogP contribution < -0.4 is 0 Å². The largest absolute Gasteiger partial charge is 0.432 e. The summed E-state index contributed by atoms with van der Waals surface area (Å²) in [6.45, 7) is 11.4. The van der Waals surface area contributed by atoms with Gasteiger partial charge < -0.3 is 134 Å². The summed E-state index contributed by atoms with van der Waals surface area (Å²) in [4.78, 5) is 15.3. The van der Waals surface area contributed by atoms with Gasteiger partial charge in [-0.2, -0.15) is 0 Å². The number of allylic oxidation sites excluding steroid dienone is 2. The molecule has 506 valence electrons. The van der Waals surface area contributed by atoms with E-state index in [-0.39, 0.29) is 35.2 Å². The number of esters is 1. The van der Waals surface area contributed by atoms with Crippen LogP contribution in [0.25, 0.3) is 0 Å². The van der Waals surface area contributed by atoms with Crippen LogP contribution in [0.2, 0.25) is 0 Å². The average Bonchev–Trinajstić information content (AvgIpc) is 0.678. The molecule has 5 saturated heterocycles. The number of aliphatic hydroxyl groups excluding tert-OH is 17. The second-order valence-corrected chi connectivity index (χ2v) is 28.9. The van der Waals surface area contributed by atoms with Crippen molar-refractivity contribution in [3.8, 4) is 0 Å². The lowest BCUT2D eigenvalue weighted by Gasteiger charge is -2.71. The summed E-state index contributed by atoms with van der Waals surface area (Å²) in [6.07, 6.45) is -34.1. The molecular weight excluding hydrogens is 1170 g/mol. The molecular formula is C60H98O28. The lowest BCUT2D eigenvalue weighted by molar-refractivity contribution is -0.379. The van der Waals surface area contributed by atoms with Crippen LogP contribution >= 0.6 is 0 Å². The molecule has 9 fully saturated rings. The molecule has 0 aromatic rings. The standard InChI is InChI=1S/C60H98O28/c1-24-34(65)38(69)43(74)50(80-24)86-47-29(21-63)83-49(46(77)42(47)73)79-22-30-37(68)40(71)45(76)52(84-30)88-54(78)60-16-14-55(2,3)18-26(60)25-8-9-32-56(4)12-11-33(57(5,23-64)31(56)10-13-59(32,7)58(25,6)15-17-60)85-53-48(41(72)36(67)28(20-62)82-53)87-51-44(75)39(70)35(66)27(19-61)81-51/h8,24,26-53,61-77H,9-23H2,1-7H3/t24-,26-,27+,28+,29+,30+,31+,32+,33-,34-,35+,36+,37+,38+,39-,40-,41-,42+,43+,44+,45+,46+,47+,48+,49+,50-,51-,52-,53-,56-,57+,58+,59+,60-/m0/s1. The van der Waals surface area contributed by atoms with E-state index < -0.39 is 214 Å². The Morgan fingerprint density at radius 2 is 1.03 bits per heavy atom. The van der Waals surface area contributed by atoms with Gasteiger partial charge in [0.2, 0.25) is 6.29 Å². The highest BCUT2D eigenvalue weighted by molar-refractivity contribution is 5.79. The molecule has 5 aliphatic heterocycles. The van der Waals surface area contributed by atoms with Crippen LogP contribution in [0.5, 0.6) is 0 Å². The van der Waals surface area contributed by atoms with Gasteiger partial charge in [0, 0.05) is 5.41 Å². The quantitative estimate of drug-likeness (QED) is 0.0420. The Morgan fingerprint density at radius 3 is 1.67 bits per heavy atom. The molecule has 28 heteroatoms. The van der Waals surface area contributed by atoms with Gasteiger partial charge in [0.25, 0.3) is 0 Å². The number of hydrogen-bond donors (Lipinski definition) is 17. The Kier molecular flexibility index (Phi) is 20.2. The topological polar surface area (TPSA) is 453 Å². The van der Waals surface area contributed by atoms with E-state index in [0.29, 0.717) is 57.8 Å². The van der Waals surface area contributed by atoms with Gasteiger partial charge in [-0.05, 0) is 111 Å². The minimum absolute atomic E-state index is 0.0600. The molecule has 0 aromatic carbocycles. The van der Waals surface area contributed by atoms with Crippen molar-refractivity contribution in [2.45, 2.75) is 272 Å². The maximum Gasteiger partial charge on any atom is 0.315 e. The van der Waals surface area contributed by atoms with Crippen LogP contribution in [0.4, 0.5) is 0 Å². The predicted octanol–water partition coefficient (Wildman–Crippen LogP) is -4.21. The molecule has 0 aromatic heterocycles. The molecule has 0 amide bonds. The molecule has 0 spiro atoms. The molecule has 0 bridgehead atoms. The van der Waals surface area contributed by atoms with E-state index in [4.69, 9.17) is 47.4 Å². The Morgan fingerprint density at radius 1 is 0.511 bits per heavy atom. The first kappa shape index (κ1) is 69.0. The Hall–Kier alpha value is -1.83. The summed E-state index contributed by atoms with van der Waals surface area (Å²) in [7, 11) is 0. The van der Waals surface area contributed by atoms with Crippen LogP contribution in [0.1, 0.15) is 113 Å². The van der Waals surface area contributed by atoms with Crippen molar-refractivity contribution in [1.29, 1.82) is 0 Å². The highest BCUT2D eigenvalue weighted by atomic mass is 16.8. The number of rotatable bonds is 15. The first-order chi connectivity index (χ1) is 41.3. The van der Waals surface area contributed by atoms with Gasteiger partial charge in [0.1, 0.15) is 116 Å². The van der Waals surface area contributed by atoms with Gasteiger partial charge in [0.05, 0.1) is 50.7 Å². The molecule has 4 saturated carbocycles. The van der Waals surface area contributed by atoms with Gasteiger partial charge in [-0.1, -0.05) is 53.2 Å². The fourth-order valence-electron chi connectivity index (χ4n) is 17.9. The minimum atomic E-state index is -1.92. The van der Waals surface area contributed by atoms with Crippen molar-refractivity contribution in [2.24, 2.45) is 50.2 Å². The number of carbonyl (C=O) groups is 1. The maximum absolute atomic E-state index is 15.3. The first-order valence-corrected chi connectivity index (χ1v) is 31.4. The SMILES string of the molecule is C[C@@H]1O[C@@H](O[C@H]2[C@H](O)[C@@H](O)[C@H](OC[C@H]3O[C@@H](OC(=O)[C@]45CCC(C)(C)C[C@H]4C4=CC[C@@H]6[C@@]7(C)CC[C@H](O[C@@H]8O[C@H](CO)[C@@H](O)[C@H](O)[C@H]8O[C@@H]8O[C@H](CO)[C@@H](O)[C@H](O)[C@H]8O)[C@](C)(CO)[C@@H]7CC[C@@]6(C)[C@]4(C)CC5)[C@H](O)[C@@H](O)[C@@H]3O)O[C@@H]2CO)[C@H](O)[C@H](O)[C@H]1O. The van der Waals surface area contributed by atoms with Crippen LogP contribution in [-0.4, -0.2) is 285 Å². The first-order valence-electron chi connectivity index (χ1n) is 31.4. The van der Waals surface area contributed by atoms with Crippen LogP contribution in [-0.2, 0) is 52.2 Å². The van der Waals surface area contributed by atoms with Crippen molar-refractivity contribution in [3.05, 3.63) is 11.6 Å². The average molecular weight is 1270 g/mol. The zero-order chi connectivity index (χ0) is 64.3. The Labute approximate surface area is 510 Å². The minimum Gasteiger partial charge on any atom is -0.432 e. The van der Waals surface area contributed by atoms with Gasteiger partial charge in [-0.15, -0.1) is 0 Å². The maximum atomic E-state index is 15.3.